The summed E-state index contributed by atoms with van der Waals surface area (Å²) in [5.41, 5.74) is 1.97. The zero-order chi connectivity index (χ0) is 13.0. The first-order valence-corrected chi connectivity index (χ1v) is 8.18. The molecule has 0 aliphatic heterocycles. The first-order chi connectivity index (χ1) is 8.59. The van der Waals surface area contributed by atoms with Crippen LogP contribution in [-0.2, 0) is 6.54 Å². The van der Waals surface area contributed by atoms with Gasteiger partial charge in [0.2, 0.25) is 0 Å². The summed E-state index contributed by atoms with van der Waals surface area (Å²) in [5.74, 6) is 0. The van der Waals surface area contributed by atoms with Gasteiger partial charge in [0, 0.05) is 17.5 Å². The van der Waals surface area contributed by atoms with E-state index in [2.05, 4.69) is 49.7 Å². The van der Waals surface area contributed by atoms with E-state index in [0.29, 0.717) is 5.41 Å². The van der Waals surface area contributed by atoms with E-state index in [1.807, 2.05) is 0 Å². The van der Waals surface area contributed by atoms with Crippen LogP contribution in [-0.4, -0.2) is 12.3 Å². The highest BCUT2D eigenvalue weighted by atomic mass is 32.2. The van der Waals surface area contributed by atoms with Crippen molar-refractivity contribution in [3.63, 3.8) is 0 Å². The first-order valence-electron chi connectivity index (χ1n) is 6.95. The normalized spacial score (nSPS) is 19.9. The predicted octanol–water partition coefficient (Wildman–Crippen LogP) is 4.47. The molecule has 1 N–H and O–H groups in total. The Balaban J connectivity index is 1.78. The third-order valence-electron chi connectivity index (χ3n) is 4.09. The minimum atomic E-state index is 0.568. The molecular weight excluding hydrogens is 238 g/mol. The number of nitrogens with one attached hydrogen (secondary N) is 1. The van der Waals surface area contributed by atoms with Crippen molar-refractivity contribution in [2.45, 2.75) is 57.0 Å². The van der Waals surface area contributed by atoms with Crippen LogP contribution in [0.1, 0.15) is 45.1 Å². The fourth-order valence-corrected chi connectivity index (χ4v) is 3.02. The van der Waals surface area contributed by atoms with Gasteiger partial charge in [-0.15, -0.1) is 11.8 Å². The van der Waals surface area contributed by atoms with Crippen LogP contribution in [0.2, 0.25) is 0 Å². The monoisotopic (exact) mass is 263 g/mol. The molecule has 1 aliphatic rings. The van der Waals surface area contributed by atoms with Crippen molar-refractivity contribution in [2.75, 3.05) is 6.26 Å². The Morgan fingerprint density at radius 3 is 2.33 bits per heavy atom. The first kappa shape index (κ1) is 14.0. The highest BCUT2D eigenvalue weighted by Gasteiger charge is 2.26. The summed E-state index contributed by atoms with van der Waals surface area (Å²) < 4.78 is 0. The van der Waals surface area contributed by atoms with Crippen molar-refractivity contribution in [1.82, 2.24) is 5.32 Å². The molecule has 2 heteroatoms. The van der Waals surface area contributed by atoms with E-state index in [4.69, 9.17) is 0 Å². The molecule has 1 fully saturated rings. The summed E-state index contributed by atoms with van der Waals surface area (Å²) in [6.07, 6.45) is 7.50. The summed E-state index contributed by atoms with van der Waals surface area (Å²) >= 11 is 1.80. The van der Waals surface area contributed by atoms with E-state index in [0.717, 1.165) is 12.6 Å². The van der Waals surface area contributed by atoms with Gasteiger partial charge in [0.1, 0.15) is 0 Å². The van der Waals surface area contributed by atoms with Crippen LogP contribution in [0.25, 0.3) is 0 Å². The minimum absolute atomic E-state index is 0.568. The van der Waals surface area contributed by atoms with E-state index >= 15 is 0 Å². The maximum Gasteiger partial charge on any atom is 0.0208 e. The molecule has 0 radical (unpaired) electrons. The van der Waals surface area contributed by atoms with Crippen LogP contribution in [0, 0.1) is 5.41 Å². The fraction of sp³-hybridized carbons (Fsp3) is 0.625. The molecule has 1 aromatic rings. The maximum absolute atomic E-state index is 3.71. The van der Waals surface area contributed by atoms with Crippen molar-refractivity contribution < 1.29 is 0 Å². The van der Waals surface area contributed by atoms with Gasteiger partial charge < -0.3 is 5.32 Å². The molecule has 0 aromatic heterocycles. The molecule has 100 valence electrons. The average Bonchev–Trinajstić information content (AvgIpc) is 2.38. The lowest BCUT2D eigenvalue weighted by Gasteiger charge is -2.34. The van der Waals surface area contributed by atoms with E-state index in [-0.39, 0.29) is 0 Å². The molecule has 0 unspecified atom stereocenters. The maximum atomic E-state index is 3.71. The SMILES string of the molecule is CSc1ccc(CNC2CCC(C)(C)CC2)cc1. The Hall–Kier alpha value is -0.470. The van der Waals surface area contributed by atoms with E-state index in [9.17, 15) is 0 Å². The van der Waals surface area contributed by atoms with Gasteiger partial charge >= 0.3 is 0 Å². The van der Waals surface area contributed by atoms with E-state index < -0.39 is 0 Å². The molecule has 18 heavy (non-hydrogen) atoms. The average molecular weight is 263 g/mol. The van der Waals surface area contributed by atoms with Crippen LogP contribution in [0.3, 0.4) is 0 Å². The molecule has 0 saturated heterocycles. The number of rotatable bonds is 4. The summed E-state index contributed by atoms with van der Waals surface area (Å²) in [6.45, 7) is 5.80. The number of hydrogen-bond acceptors (Lipinski definition) is 2. The molecule has 0 atom stereocenters. The Kier molecular flexibility index (Phi) is 4.74. The van der Waals surface area contributed by atoms with E-state index in [1.165, 1.54) is 36.1 Å². The molecule has 0 amide bonds. The zero-order valence-electron chi connectivity index (χ0n) is 11.8. The summed E-state index contributed by atoms with van der Waals surface area (Å²) in [5, 5.41) is 3.71. The van der Waals surface area contributed by atoms with Crippen molar-refractivity contribution in [1.29, 1.82) is 0 Å². The second kappa shape index (κ2) is 6.12. The van der Waals surface area contributed by atoms with Gasteiger partial charge in [-0.1, -0.05) is 26.0 Å². The lowest BCUT2D eigenvalue weighted by molar-refractivity contribution is 0.206. The number of hydrogen-bond donors (Lipinski definition) is 1. The van der Waals surface area contributed by atoms with Gasteiger partial charge in [-0.25, -0.2) is 0 Å². The van der Waals surface area contributed by atoms with Gasteiger partial charge in [-0.3, -0.25) is 0 Å². The standard InChI is InChI=1S/C16H25NS/c1-16(2)10-8-14(9-11-16)17-12-13-4-6-15(18-3)7-5-13/h4-7,14,17H,8-12H2,1-3H3. The second-order valence-corrected chi connectivity index (χ2v) is 7.05. The van der Waals surface area contributed by atoms with Gasteiger partial charge in [0.15, 0.2) is 0 Å². The van der Waals surface area contributed by atoms with Crippen molar-refractivity contribution >= 4 is 11.8 Å². The van der Waals surface area contributed by atoms with Crippen LogP contribution in [0.5, 0.6) is 0 Å². The summed E-state index contributed by atoms with van der Waals surface area (Å²) in [6, 6.07) is 9.63. The van der Waals surface area contributed by atoms with Crippen LogP contribution in [0.15, 0.2) is 29.2 Å². The smallest absolute Gasteiger partial charge is 0.0208 e. The number of benzene rings is 1. The molecule has 1 nitrogen and oxygen atoms in total. The Labute approximate surface area is 116 Å². The molecule has 0 bridgehead atoms. The van der Waals surface area contributed by atoms with E-state index in [1.54, 1.807) is 11.8 Å². The van der Waals surface area contributed by atoms with Crippen molar-refractivity contribution in [3.8, 4) is 0 Å². The fourth-order valence-electron chi connectivity index (χ4n) is 2.61. The topological polar surface area (TPSA) is 12.0 Å². The Morgan fingerprint density at radius 2 is 1.78 bits per heavy atom. The lowest BCUT2D eigenvalue weighted by Crippen LogP contribution is -2.35. The third kappa shape index (κ3) is 4.03. The highest BCUT2D eigenvalue weighted by Crippen LogP contribution is 2.35. The highest BCUT2D eigenvalue weighted by molar-refractivity contribution is 7.98. The molecule has 0 spiro atoms. The van der Waals surface area contributed by atoms with Gasteiger partial charge in [-0.2, -0.15) is 0 Å². The quantitative estimate of drug-likeness (QED) is 0.805. The van der Waals surface area contributed by atoms with Crippen molar-refractivity contribution in [2.24, 2.45) is 5.41 Å². The van der Waals surface area contributed by atoms with Crippen LogP contribution < -0.4 is 5.32 Å². The van der Waals surface area contributed by atoms with Gasteiger partial charge in [0.25, 0.3) is 0 Å². The Bertz CT molecular complexity index is 359. The molecular formula is C16H25NS. The van der Waals surface area contributed by atoms with Crippen LogP contribution in [0.4, 0.5) is 0 Å². The summed E-state index contributed by atoms with van der Waals surface area (Å²) in [4.78, 5) is 1.35. The minimum Gasteiger partial charge on any atom is -0.310 e. The summed E-state index contributed by atoms with van der Waals surface area (Å²) in [7, 11) is 0. The molecule has 1 saturated carbocycles. The molecule has 1 aromatic carbocycles. The largest absolute Gasteiger partial charge is 0.310 e. The number of thioether (sulfide) groups is 1. The second-order valence-electron chi connectivity index (χ2n) is 6.17. The zero-order valence-corrected chi connectivity index (χ0v) is 12.6. The molecule has 0 heterocycles. The predicted molar refractivity (Wildman–Crippen MR) is 81.1 cm³/mol. The molecule has 1 aliphatic carbocycles. The lowest BCUT2D eigenvalue weighted by atomic mass is 9.75. The molecule has 2 rings (SSSR count). The van der Waals surface area contributed by atoms with Gasteiger partial charge in [0.05, 0.1) is 0 Å². The van der Waals surface area contributed by atoms with Gasteiger partial charge in [-0.05, 0) is 55.1 Å². The van der Waals surface area contributed by atoms with Crippen molar-refractivity contribution in [3.05, 3.63) is 29.8 Å². The Morgan fingerprint density at radius 1 is 1.17 bits per heavy atom. The van der Waals surface area contributed by atoms with Crippen LogP contribution >= 0.6 is 11.8 Å². The third-order valence-corrected chi connectivity index (χ3v) is 4.84.